The molecular formula is C65H44. The smallest absolute Gasteiger partial charge is 0.0622 e. The Morgan fingerprint density at radius 2 is 0.554 bits per heavy atom. The van der Waals surface area contributed by atoms with Gasteiger partial charge in [-0.25, -0.2) is 0 Å². The normalized spacial score (nSPS) is 12.4. The fourth-order valence-electron chi connectivity index (χ4n) is 10.5. The molecule has 0 aliphatic heterocycles. The van der Waals surface area contributed by atoms with Crippen molar-refractivity contribution in [2.45, 2.75) is 5.41 Å². The van der Waals surface area contributed by atoms with Crippen LogP contribution in [0.4, 0.5) is 0 Å². The number of benzene rings is 11. The zero-order chi connectivity index (χ0) is 43.2. The van der Waals surface area contributed by atoms with Gasteiger partial charge < -0.3 is 0 Å². The minimum atomic E-state index is -0.624. The van der Waals surface area contributed by atoms with E-state index in [-0.39, 0.29) is 0 Å². The third kappa shape index (κ3) is 6.62. The Bertz CT molecular complexity index is 3330. The van der Waals surface area contributed by atoms with Gasteiger partial charge in [-0.2, -0.15) is 0 Å². The van der Waals surface area contributed by atoms with Crippen LogP contribution in [0.1, 0.15) is 22.3 Å². The lowest BCUT2D eigenvalue weighted by molar-refractivity contribution is 0.769. The van der Waals surface area contributed by atoms with Crippen LogP contribution < -0.4 is 0 Å². The van der Waals surface area contributed by atoms with Crippen LogP contribution in [0.3, 0.4) is 0 Å². The number of rotatable bonds is 8. The summed E-state index contributed by atoms with van der Waals surface area (Å²) in [7, 11) is 0. The van der Waals surface area contributed by atoms with E-state index in [1.807, 2.05) is 0 Å². The van der Waals surface area contributed by atoms with Gasteiger partial charge in [0.25, 0.3) is 0 Å². The van der Waals surface area contributed by atoms with Gasteiger partial charge in [0.1, 0.15) is 0 Å². The Morgan fingerprint density at radius 3 is 0.985 bits per heavy atom. The van der Waals surface area contributed by atoms with E-state index in [0.29, 0.717) is 0 Å². The Morgan fingerprint density at radius 1 is 0.200 bits per heavy atom. The predicted molar refractivity (Wildman–Crippen MR) is 274 cm³/mol. The fourth-order valence-corrected chi connectivity index (χ4v) is 10.5. The molecule has 0 spiro atoms. The van der Waals surface area contributed by atoms with E-state index in [2.05, 4.69) is 267 Å². The highest BCUT2D eigenvalue weighted by Crippen LogP contribution is 2.60. The molecule has 0 fully saturated rings. The molecule has 0 saturated carbocycles. The van der Waals surface area contributed by atoms with Crippen LogP contribution >= 0.6 is 0 Å². The van der Waals surface area contributed by atoms with Crippen molar-refractivity contribution in [3.63, 3.8) is 0 Å². The number of fused-ring (bicyclic) bond motifs is 5. The van der Waals surface area contributed by atoms with E-state index in [0.717, 1.165) is 0 Å². The summed E-state index contributed by atoms with van der Waals surface area (Å²) in [5.74, 6) is 0. The third-order valence-corrected chi connectivity index (χ3v) is 13.5. The van der Waals surface area contributed by atoms with Crippen LogP contribution in [0.25, 0.3) is 88.7 Å². The lowest BCUT2D eigenvalue weighted by Crippen LogP contribution is -2.28. The summed E-state index contributed by atoms with van der Waals surface area (Å²) < 4.78 is 0. The summed E-state index contributed by atoms with van der Waals surface area (Å²) in [6, 6.07) is 98.7. The molecule has 0 unspecified atom stereocenters. The van der Waals surface area contributed by atoms with Crippen molar-refractivity contribution < 1.29 is 0 Å². The van der Waals surface area contributed by atoms with Gasteiger partial charge in [0, 0.05) is 0 Å². The zero-order valence-corrected chi connectivity index (χ0v) is 35.9. The first-order valence-corrected chi connectivity index (χ1v) is 22.6. The highest BCUT2D eigenvalue weighted by Gasteiger charge is 2.47. The molecule has 304 valence electrons. The molecule has 0 atom stereocenters. The first-order chi connectivity index (χ1) is 32.2. The van der Waals surface area contributed by atoms with Gasteiger partial charge in [0.15, 0.2) is 0 Å². The molecule has 0 nitrogen and oxygen atoms in total. The second-order valence-corrected chi connectivity index (χ2v) is 17.2. The first-order valence-electron chi connectivity index (χ1n) is 22.6. The second kappa shape index (κ2) is 16.1. The minimum Gasteiger partial charge on any atom is -0.0622 e. The van der Waals surface area contributed by atoms with Crippen molar-refractivity contribution in [1.82, 2.24) is 0 Å². The first kappa shape index (κ1) is 38.4. The van der Waals surface area contributed by atoms with Crippen molar-refractivity contribution in [1.29, 1.82) is 0 Å². The highest BCUT2D eigenvalue weighted by atomic mass is 14.5. The van der Waals surface area contributed by atoms with Crippen LogP contribution in [0, 0.1) is 0 Å². The summed E-state index contributed by atoms with van der Waals surface area (Å²) in [5, 5.41) is 2.50. The van der Waals surface area contributed by atoms with Gasteiger partial charge in [-0.3, -0.25) is 0 Å². The molecule has 0 heterocycles. The maximum atomic E-state index is 2.54. The van der Waals surface area contributed by atoms with E-state index < -0.39 is 5.41 Å². The molecule has 0 aromatic heterocycles. The lowest BCUT2D eigenvalue weighted by Gasteiger charge is -2.34. The molecule has 0 amide bonds. The summed E-state index contributed by atoms with van der Waals surface area (Å²) in [6.45, 7) is 0. The number of hydrogen-bond acceptors (Lipinski definition) is 0. The quantitative estimate of drug-likeness (QED) is 0.143. The molecule has 12 rings (SSSR count). The molecule has 0 radical (unpaired) electrons. The van der Waals surface area contributed by atoms with Gasteiger partial charge in [0.05, 0.1) is 5.41 Å². The van der Waals surface area contributed by atoms with E-state index in [1.54, 1.807) is 0 Å². The van der Waals surface area contributed by atoms with Gasteiger partial charge in [-0.05, 0) is 159 Å². The molecule has 1 aliphatic rings. The average molecular weight is 825 g/mol. The van der Waals surface area contributed by atoms with Gasteiger partial charge in [-0.1, -0.05) is 218 Å². The molecular weight excluding hydrogens is 781 g/mol. The summed E-state index contributed by atoms with van der Waals surface area (Å²) in [5.41, 5.74) is 21.4. The van der Waals surface area contributed by atoms with Crippen LogP contribution in [0.2, 0.25) is 0 Å². The predicted octanol–water partition coefficient (Wildman–Crippen LogP) is 17.2. The van der Waals surface area contributed by atoms with Crippen molar-refractivity contribution in [3.05, 3.63) is 289 Å². The van der Waals surface area contributed by atoms with Gasteiger partial charge >= 0.3 is 0 Å². The van der Waals surface area contributed by atoms with E-state index in [9.17, 15) is 0 Å². The zero-order valence-electron chi connectivity index (χ0n) is 35.9. The molecule has 11 aromatic carbocycles. The molecule has 0 heteroatoms. The van der Waals surface area contributed by atoms with Crippen LogP contribution in [0.15, 0.2) is 267 Å². The van der Waals surface area contributed by atoms with Crippen LogP contribution in [0.5, 0.6) is 0 Å². The highest BCUT2D eigenvalue weighted by molar-refractivity contribution is 6.11. The largest absolute Gasteiger partial charge is 0.0714 e. The van der Waals surface area contributed by atoms with Gasteiger partial charge in [-0.15, -0.1) is 0 Å². The van der Waals surface area contributed by atoms with Gasteiger partial charge in [0.2, 0.25) is 0 Å². The Labute approximate surface area is 381 Å². The average Bonchev–Trinajstić information content (AvgIpc) is 3.70. The topological polar surface area (TPSA) is 0 Å². The Hall–Kier alpha value is -8.32. The molecule has 0 N–H and O–H groups in total. The van der Waals surface area contributed by atoms with E-state index >= 15 is 0 Å². The minimum absolute atomic E-state index is 0.624. The van der Waals surface area contributed by atoms with Crippen molar-refractivity contribution in [2.24, 2.45) is 0 Å². The molecule has 1 aliphatic carbocycles. The summed E-state index contributed by atoms with van der Waals surface area (Å²) in [6.07, 6.45) is 0. The standard InChI is InChI=1S/C65H44/c1-7-21-45(22-8-1)50-37-51(46-23-9-2-10-24-46)40-54(39-50)49-35-36-60-62(43-49)65(56-29-15-5-16-30-56,57-31-17-6-18-32-57)63-44-61(58-33-19-20-34-59(58)64(60)63)55-41-52(47-25-11-3-12-26-47)38-53(42-55)48-27-13-4-14-28-48/h1-44H. The van der Waals surface area contributed by atoms with Crippen molar-refractivity contribution >= 4 is 10.8 Å². The monoisotopic (exact) mass is 824 g/mol. The lowest BCUT2D eigenvalue weighted by atomic mass is 9.67. The number of hydrogen-bond donors (Lipinski definition) is 0. The molecule has 11 aromatic rings. The fraction of sp³-hybridized carbons (Fsp3) is 0.0154. The second-order valence-electron chi connectivity index (χ2n) is 17.2. The van der Waals surface area contributed by atoms with Crippen molar-refractivity contribution in [2.75, 3.05) is 0 Å². The SMILES string of the molecule is c1ccc(-c2cc(-c3ccccc3)cc(-c3ccc4c(c3)C(c3ccccc3)(c3ccccc3)c3cc(-c5cc(-c6ccccc6)cc(-c6ccccc6)c5)c5ccccc5c3-4)c2)cc1. The maximum Gasteiger partial charge on any atom is 0.0714 e. The van der Waals surface area contributed by atoms with Crippen molar-refractivity contribution in [3.8, 4) is 77.9 Å². The molecule has 0 saturated heterocycles. The Balaban J connectivity index is 1.16. The molecule has 65 heavy (non-hydrogen) atoms. The Kier molecular flexibility index (Phi) is 9.50. The summed E-state index contributed by atoms with van der Waals surface area (Å²) in [4.78, 5) is 0. The van der Waals surface area contributed by atoms with Crippen LogP contribution in [-0.4, -0.2) is 0 Å². The molecule has 0 bridgehead atoms. The van der Waals surface area contributed by atoms with Crippen LogP contribution in [-0.2, 0) is 5.41 Å². The summed E-state index contributed by atoms with van der Waals surface area (Å²) >= 11 is 0. The van der Waals surface area contributed by atoms with E-state index in [4.69, 9.17) is 0 Å². The third-order valence-electron chi connectivity index (χ3n) is 13.5. The van der Waals surface area contributed by atoms with E-state index in [1.165, 1.54) is 111 Å². The maximum absolute atomic E-state index is 2.54.